The average molecular weight is 495 g/mol. The average Bonchev–Trinajstić information content (AvgIpc) is 3.04. The first-order valence-electron chi connectivity index (χ1n) is 11.8. The number of nitrogens with zero attached hydrogens (tertiary/aromatic N) is 4. The molecule has 36 heavy (non-hydrogen) atoms. The molecule has 0 saturated heterocycles. The second kappa shape index (κ2) is 10.1. The molecule has 1 aliphatic heterocycles. The van der Waals surface area contributed by atoms with Gasteiger partial charge in [0, 0.05) is 36.5 Å². The van der Waals surface area contributed by atoms with E-state index in [1.165, 1.54) is 29.9 Å². The molecule has 0 aliphatic carbocycles. The van der Waals surface area contributed by atoms with Gasteiger partial charge in [-0.3, -0.25) is 19.1 Å². The molecule has 2 heterocycles. The maximum absolute atomic E-state index is 14.1. The standard InChI is InChI=1S/C26H31FN6O3/c1-16-9-10-29-11-12-32(16)18-6-8-21-19(14-18)25(35)33(15-23(34)31-26(2,3)28)24(30-21)17-5-7-20(27)22(13-17)36-4/h5-8,10,13-14,16H,9,11-12,15,28H2,1-4H3,(H,31,34). The van der Waals surface area contributed by atoms with E-state index in [0.717, 1.165) is 18.7 Å². The zero-order chi connectivity index (χ0) is 26.0. The van der Waals surface area contributed by atoms with Crippen LogP contribution in [0.25, 0.3) is 22.3 Å². The van der Waals surface area contributed by atoms with Crippen molar-refractivity contribution in [1.82, 2.24) is 14.9 Å². The van der Waals surface area contributed by atoms with Gasteiger partial charge in [0.25, 0.3) is 5.56 Å². The molecule has 1 amide bonds. The number of anilines is 1. The van der Waals surface area contributed by atoms with Gasteiger partial charge < -0.3 is 20.7 Å². The van der Waals surface area contributed by atoms with Crippen LogP contribution in [0.1, 0.15) is 27.2 Å². The zero-order valence-corrected chi connectivity index (χ0v) is 20.9. The Hall–Kier alpha value is -3.79. The van der Waals surface area contributed by atoms with Crippen molar-refractivity contribution in [2.45, 2.75) is 45.4 Å². The Bertz CT molecular complexity index is 1380. The molecule has 3 N–H and O–H groups in total. The number of hydrogen-bond acceptors (Lipinski definition) is 7. The van der Waals surface area contributed by atoms with Crippen LogP contribution in [0.2, 0.25) is 0 Å². The summed E-state index contributed by atoms with van der Waals surface area (Å²) in [5.41, 5.74) is 6.38. The fourth-order valence-electron chi connectivity index (χ4n) is 4.31. The van der Waals surface area contributed by atoms with Gasteiger partial charge >= 0.3 is 0 Å². The Balaban J connectivity index is 1.87. The van der Waals surface area contributed by atoms with E-state index in [0.29, 0.717) is 23.0 Å². The fourth-order valence-corrected chi connectivity index (χ4v) is 4.31. The summed E-state index contributed by atoms with van der Waals surface area (Å²) >= 11 is 0. The van der Waals surface area contributed by atoms with Gasteiger partial charge in [-0.2, -0.15) is 0 Å². The summed E-state index contributed by atoms with van der Waals surface area (Å²) in [6.07, 6.45) is 2.74. The summed E-state index contributed by atoms with van der Waals surface area (Å²) in [5.74, 6) is -0.761. The van der Waals surface area contributed by atoms with E-state index >= 15 is 0 Å². The SMILES string of the molecule is COc1cc(-c2nc3ccc(N4CCN=CCC4C)cc3c(=O)n2CC(=O)NC(C)(C)N)ccc1F. The Labute approximate surface area is 208 Å². The highest BCUT2D eigenvalue weighted by Gasteiger charge is 2.22. The van der Waals surface area contributed by atoms with Crippen LogP contribution >= 0.6 is 0 Å². The molecule has 1 atom stereocenters. The number of nitrogens with two attached hydrogens (primary N) is 1. The molecule has 4 rings (SSSR count). The van der Waals surface area contributed by atoms with E-state index in [2.05, 4.69) is 22.1 Å². The summed E-state index contributed by atoms with van der Waals surface area (Å²) in [6.45, 7) is 6.50. The smallest absolute Gasteiger partial charge is 0.262 e. The summed E-state index contributed by atoms with van der Waals surface area (Å²) in [5, 5.41) is 3.05. The molecule has 0 radical (unpaired) electrons. The molecule has 0 spiro atoms. The van der Waals surface area contributed by atoms with Gasteiger partial charge in [-0.15, -0.1) is 0 Å². The number of aromatic nitrogens is 2. The maximum Gasteiger partial charge on any atom is 0.262 e. The van der Waals surface area contributed by atoms with E-state index in [9.17, 15) is 14.0 Å². The maximum atomic E-state index is 14.1. The van der Waals surface area contributed by atoms with E-state index in [4.69, 9.17) is 15.5 Å². The van der Waals surface area contributed by atoms with E-state index in [1.807, 2.05) is 18.3 Å². The summed E-state index contributed by atoms with van der Waals surface area (Å²) < 4.78 is 20.5. The molecule has 190 valence electrons. The van der Waals surface area contributed by atoms with Crippen LogP contribution in [0.15, 0.2) is 46.2 Å². The second-order valence-corrected chi connectivity index (χ2v) is 9.51. The minimum atomic E-state index is -0.970. The first-order chi connectivity index (χ1) is 17.1. The number of aliphatic imine (C=N–C) groups is 1. The quantitative estimate of drug-likeness (QED) is 0.509. The lowest BCUT2D eigenvalue weighted by atomic mass is 10.1. The molecule has 1 unspecified atom stereocenters. The van der Waals surface area contributed by atoms with Crippen LogP contribution in [-0.2, 0) is 11.3 Å². The summed E-state index contributed by atoms with van der Waals surface area (Å²) in [6, 6.07) is 9.94. The highest BCUT2D eigenvalue weighted by Crippen LogP contribution is 2.28. The molecule has 0 saturated carbocycles. The van der Waals surface area contributed by atoms with Crippen LogP contribution in [0.5, 0.6) is 5.75 Å². The molecule has 2 aromatic carbocycles. The minimum absolute atomic E-state index is 0.00802. The number of ether oxygens (including phenoxy) is 1. The number of benzene rings is 2. The van der Waals surface area contributed by atoms with Gasteiger partial charge in [0.2, 0.25) is 5.91 Å². The Morgan fingerprint density at radius 2 is 2.06 bits per heavy atom. The lowest BCUT2D eigenvalue weighted by molar-refractivity contribution is -0.123. The van der Waals surface area contributed by atoms with Crippen molar-refractivity contribution in [2.75, 3.05) is 25.1 Å². The highest BCUT2D eigenvalue weighted by molar-refractivity contribution is 5.85. The fraction of sp³-hybridized carbons (Fsp3) is 0.385. The highest BCUT2D eigenvalue weighted by atomic mass is 19.1. The molecular weight excluding hydrogens is 463 g/mol. The predicted octanol–water partition coefficient (Wildman–Crippen LogP) is 2.69. The molecule has 3 aromatic rings. The molecule has 0 fully saturated rings. The first kappa shape index (κ1) is 25.3. The molecular formula is C26H31FN6O3. The van der Waals surface area contributed by atoms with Crippen molar-refractivity contribution in [2.24, 2.45) is 10.7 Å². The minimum Gasteiger partial charge on any atom is -0.494 e. The Morgan fingerprint density at radius 3 is 2.78 bits per heavy atom. The number of rotatable bonds is 6. The summed E-state index contributed by atoms with van der Waals surface area (Å²) in [7, 11) is 1.36. The normalized spacial score (nSPS) is 16.2. The third kappa shape index (κ3) is 5.38. The monoisotopic (exact) mass is 494 g/mol. The van der Waals surface area contributed by atoms with Gasteiger partial charge in [-0.1, -0.05) is 0 Å². The van der Waals surface area contributed by atoms with Crippen molar-refractivity contribution in [3.8, 4) is 17.1 Å². The van der Waals surface area contributed by atoms with Gasteiger partial charge in [0.05, 0.1) is 30.2 Å². The Morgan fingerprint density at radius 1 is 1.28 bits per heavy atom. The zero-order valence-electron chi connectivity index (χ0n) is 20.9. The van der Waals surface area contributed by atoms with Crippen molar-refractivity contribution < 1.29 is 13.9 Å². The lowest BCUT2D eigenvalue weighted by Crippen LogP contribution is -2.52. The number of carbonyl (C=O) groups is 1. The van der Waals surface area contributed by atoms with Crippen LogP contribution in [-0.4, -0.2) is 53.6 Å². The van der Waals surface area contributed by atoms with E-state index in [1.54, 1.807) is 19.9 Å². The van der Waals surface area contributed by atoms with Gasteiger partial charge in [0.15, 0.2) is 11.6 Å². The number of carbonyl (C=O) groups excluding carboxylic acids is 1. The van der Waals surface area contributed by atoms with Gasteiger partial charge in [-0.05, 0) is 57.2 Å². The molecule has 0 bridgehead atoms. The lowest BCUT2D eigenvalue weighted by Gasteiger charge is -2.29. The number of hydrogen-bond donors (Lipinski definition) is 2. The third-order valence-corrected chi connectivity index (χ3v) is 6.02. The molecule has 1 aromatic heterocycles. The van der Waals surface area contributed by atoms with Crippen molar-refractivity contribution in [1.29, 1.82) is 0 Å². The van der Waals surface area contributed by atoms with Gasteiger partial charge in [-0.25, -0.2) is 9.37 Å². The van der Waals surface area contributed by atoms with E-state index in [-0.39, 0.29) is 29.7 Å². The number of nitrogens with one attached hydrogen (secondary N) is 1. The van der Waals surface area contributed by atoms with Crippen LogP contribution in [0, 0.1) is 5.82 Å². The van der Waals surface area contributed by atoms with Gasteiger partial charge in [0.1, 0.15) is 12.4 Å². The van der Waals surface area contributed by atoms with Crippen molar-refractivity contribution in [3.63, 3.8) is 0 Å². The van der Waals surface area contributed by atoms with Crippen LogP contribution < -0.4 is 26.2 Å². The van der Waals surface area contributed by atoms with Crippen molar-refractivity contribution >= 4 is 28.7 Å². The second-order valence-electron chi connectivity index (χ2n) is 9.51. The van der Waals surface area contributed by atoms with Crippen LogP contribution in [0.4, 0.5) is 10.1 Å². The number of fused-ring (bicyclic) bond motifs is 1. The largest absolute Gasteiger partial charge is 0.494 e. The third-order valence-electron chi connectivity index (χ3n) is 6.02. The summed E-state index contributed by atoms with van der Waals surface area (Å²) in [4.78, 5) is 37.9. The molecule has 10 heteroatoms. The Kier molecular flexibility index (Phi) is 7.07. The number of halogens is 1. The topological polar surface area (TPSA) is 115 Å². The van der Waals surface area contributed by atoms with Crippen LogP contribution in [0.3, 0.4) is 0 Å². The molecule has 1 aliphatic rings. The van der Waals surface area contributed by atoms with Crippen molar-refractivity contribution in [3.05, 3.63) is 52.6 Å². The molecule has 9 nitrogen and oxygen atoms in total. The first-order valence-corrected chi connectivity index (χ1v) is 11.8. The number of amides is 1. The number of methoxy groups -OCH3 is 1. The predicted molar refractivity (Wildman–Crippen MR) is 139 cm³/mol. The van der Waals surface area contributed by atoms with E-state index < -0.39 is 17.4 Å².